The van der Waals surface area contributed by atoms with Gasteiger partial charge in [0.15, 0.2) is 0 Å². The molecule has 0 spiro atoms. The molecule has 1 aromatic heterocycles. The number of rotatable bonds is 2. The maximum atomic E-state index is 5.39. The molecule has 0 unspecified atom stereocenters. The molecule has 2 aromatic rings. The van der Waals surface area contributed by atoms with Crippen LogP contribution in [-0.4, -0.2) is 5.16 Å². The topological polar surface area (TPSA) is 26.0 Å². The summed E-state index contributed by atoms with van der Waals surface area (Å²) in [5, 5.41) is 4.06. The van der Waals surface area contributed by atoms with E-state index in [0.29, 0.717) is 5.92 Å². The fraction of sp³-hybridized carbons (Fsp3) is 0.357. The molecule has 0 fully saturated rings. The zero-order valence-corrected chi connectivity index (χ0v) is 10.2. The molecule has 0 bridgehead atoms. The highest BCUT2D eigenvalue weighted by atomic mass is 16.5. The largest absolute Gasteiger partial charge is 0.360 e. The Morgan fingerprint density at radius 3 is 2.25 bits per heavy atom. The summed E-state index contributed by atoms with van der Waals surface area (Å²) >= 11 is 0. The van der Waals surface area contributed by atoms with Crippen molar-refractivity contribution in [2.24, 2.45) is 0 Å². The van der Waals surface area contributed by atoms with E-state index in [0.717, 1.165) is 17.0 Å². The summed E-state index contributed by atoms with van der Waals surface area (Å²) < 4.78 is 5.39. The average Bonchev–Trinajstić information content (AvgIpc) is 2.62. The molecule has 2 heteroatoms. The van der Waals surface area contributed by atoms with Crippen LogP contribution in [0.15, 0.2) is 28.8 Å². The Balaban J connectivity index is 2.54. The lowest BCUT2D eigenvalue weighted by Gasteiger charge is -2.05. The summed E-state index contributed by atoms with van der Waals surface area (Å²) in [5.41, 5.74) is 4.57. The van der Waals surface area contributed by atoms with Crippen LogP contribution in [0.4, 0.5) is 0 Å². The van der Waals surface area contributed by atoms with Crippen molar-refractivity contribution in [3.8, 4) is 11.1 Å². The maximum absolute atomic E-state index is 5.39. The van der Waals surface area contributed by atoms with Crippen molar-refractivity contribution in [1.82, 2.24) is 5.16 Å². The van der Waals surface area contributed by atoms with Gasteiger partial charge in [0.2, 0.25) is 0 Å². The molecule has 0 aliphatic rings. The second kappa shape index (κ2) is 4.12. The first-order valence-corrected chi connectivity index (χ1v) is 5.63. The first kappa shape index (κ1) is 10.9. The highest BCUT2D eigenvalue weighted by molar-refractivity contribution is 5.68. The minimum Gasteiger partial charge on any atom is -0.360 e. The summed E-state index contributed by atoms with van der Waals surface area (Å²) in [6.07, 6.45) is 0. The van der Waals surface area contributed by atoms with Crippen molar-refractivity contribution in [1.29, 1.82) is 0 Å². The van der Waals surface area contributed by atoms with E-state index in [2.05, 4.69) is 50.2 Å². The van der Waals surface area contributed by atoms with E-state index in [1.54, 1.807) is 0 Å². The van der Waals surface area contributed by atoms with Crippen LogP contribution in [0.25, 0.3) is 11.1 Å². The summed E-state index contributed by atoms with van der Waals surface area (Å²) in [5.74, 6) is 1.33. The molecule has 84 valence electrons. The number of hydrogen-bond acceptors (Lipinski definition) is 2. The quantitative estimate of drug-likeness (QED) is 0.754. The second-order valence-electron chi connectivity index (χ2n) is 4.53. The molecule has 0 saturated heterocycles. The number of aryl methyl sites for hydroxylation is 2. The Morgan fingerprint density at radius 2 is 1.69 bits per heavy atom. The maximum Gasteiger partial charge on any atom is 0.147 e. The van der Waals surface area contributed by atoms with Gasteiger partial charge in [-0.05, 0) is 19.4 Å². The zero-order valence-electron chi connectivity index (χ0n) is 10.2. The van der Waals surface area contributed by atoms with Gasteiger partial charge < -0.3 is 4.52 Å². The average molecular weight is 215 g/mol. The number of hydrogen-bond donors (Lipinski definition) is 0. The number of nitrogens with zero attached hydrogens (tertiary/aromatic N) is 1. The predicted molar refractivity (Wildman–Crippen MR) is 65.5 cm³/mol. The Bertz CT molecular complexity index is 480. The lowest BCUT2D eigenvalue weighted by Crippen LogP contribution is -1.89. The molecule has 0 saturated carbocycles. The minimum atomic E-state index is 0.359. The van der Waals surface area contributed by atoms with Crippen LogP contribution in [0.3, 0.4) is 0 Å². The molecular weight excluding hydrogens is 198 g/mol. The molecule has 0 radical (unpaired) electrons. The van der Waals surface area contributed by atoms with E-state index in [-0.39, 0.29) is 0 Å². The van der Waals surface area contributed by atoms with Gasteiger partial charge in [0.25, 0.3) is 0 Å². The third-order valence-electron chi connectivity index (χ3n) is 2.75. The third-order valence-corrected chi connectivity index (χ3v) is 2.75. The highest BCUT2D eigenvalue weighted by Gasteiger charge is 2.17. The van der Waals surface area contributed by atoms with E-state index < -0.39 is 0 Å². The predicted octanol–water partition coefficient (Wildman–Crippen LogP) is 4.08. The van der Waals surface area contributed by atoms with Crippen LogP contribution in [-0.2, 0) is 0 Å². The summed E-state index contributed by atoms with van der Waals surface area (Å²) in [4.78, 5) is 0. The molecule has 1 aromatic carbocycles. The van der Waals surface area contributed by atoms with E-state index in [1.807, 2.05) is 6.92 Å². The van der Waals surface area contributed by atoms with Crippen molar-refractivity contribution in [3.63, 3.8) is 0 Å². The fourth-order valence-electron chi connectivity index (χ4n) is 1.85. The van der Waals surface area contributed by atoms with Crippen LogP contribution in [0, 0.1) is 13.8 Å². The summed E-state index contributed by atoms with van der Waals surface area (Å²) in [6.45, 7) is 8.33. The van der Waals surface area contributed by atoms with E-state index >= 15 is 0 Å². The Kier molecular flexibility index (Phi) is 2.82. The molecule has 0 atom stereocenters. The lowest BCUT2D eigenvalue weighted by molar-refractivity contribution is 0.368. The van der Waals surface area contributed by atoms with Gasteiger partial charge in [-0.1, -0.05) is 48.8 Å². The number of benzene rings is 1. The smallest absolute Gasteiger partial charge is 0.147 e. The second-order valence-corrected chi connectivity index (χ2v) is 4.53. The fourth-order valence-corrected chi connectivity index (χ4v) is 1.85. The first-order valence-electron chi connectivity index (χ1n) is 5.63. The van der Waals surface area contributed by atoms with Gasteiger partial charge in [0.05, 0.1) is 5.69 Å². The van der Waals surface area contributed by atoms with Crippen molar-refractivity contribution in [2.45, 2.75) is 33.6 Å². The Morgan fingerprint density at radius 1 is 1.06 bits per heavy atom. The van der Waals surface area contributed by atoms with Crippen molar-refractivity contribution in [3.05, 3.63) is 41.3 Å². The summed E-state index contributed by atoms with van der Waals surface area (Å²) in [6, 6.07) is 8.49. The first-order chi connectivity index (χ1) is 7.59. The van der Waals surface area contributed by atoms with Crippen LogP contribution < -0.4 is 0 Å². The molecule has 2 nitrogen and oxygen atoms in total. The van der Waals surface area contributed by atoms with Gasteiger partial charge in [0, 0.05) is 11.5 Å². The normalized spacial score (nSPS) is 11.1. The van der Waals surface area contributed by atoms with Gasteiger partial charge in [-0.25, -0.2) is 0 Å². The molecule has 0 amide bonds. The van der Waals surface area contributed by atoms with E-state index in [4.69, 9.17) is 4.52 Å². The Hall–Kier alpha value is -1.57. The molecule has 2 rings (SSSR count). The lowest BCUT2D eigenvalue weighted by atomic mass is 9.98. The van der Waals surface area contributed by atoms with Gasteiger partial charge in [-0.2, -0.15) is 0 Å². The van der Waals surface area contributed by atoms with Gasteiger partial charge in [-0.3, -0.25) is 0 Å². The minimum absolute atomic E-state index is 0.359. The van der Waals surface area contributed by atoms with Gasteiger partial charge >= 0.3 is 0 Å². The van der Waals surface area contributed by atoms with Crippen molar-refractivity contribution >= 4 is 0 Å². The van der Waals surface area contributed by atoms with Gasteiger partial charge in [0.1, 0.15) is 5.76 Å². The van der Waals surface area contributed by atoms with Crippen molar-refractivity contribution in [2.75, 3.05) is 0 Å². The van der Waals surface area contributed by atoms with Crippen LogP contribution in [0.5, 0.6) is 0 Å². The molecule has 16 heavy (non-hydrogen) atoms. The van der Waals surface area contributed by atoms with E-state index in [9.17, 15) is 0 Å². The monoisotopic (exact) mass is 215 g/mol. The van der Waals surface area contributed by atoms with E-state index in [1.165, 1.54) is 11.1 Å². The van der Waals surface area contributed by atoms with Crippen LogP contribution in [0.1, 0.15) is 36.8 Å². The Labute approximate surface area is 96.3 Å². The highest BCUT2D eigenvalue weighted by Crippen LogP contribution is 2.32. The van der Waals surface area contributed by atoms with Crippen molar-refractivity contribution < 1.29 is 4.52 Å². The van der Waals surface area contributed by atoms with Crippen LogP contribution >= 0.6 is 0 Å². The molecule has 0 aliphatic carbocycles. The SMILES string of the molecule is Cc1ccc(-c2c(C)noc2C(C)C)cc1. The molecular formula is C14H17NO. The summed E-state index contributed by atoms with van der Waals surface area (Å²) in [7, 11) is 0. The number of aromatic nitrogens is 1. The zero-order chi connectivity index (χ0) is 11.7. The van der Waals surface area contributed by atoms with Gasteiger partial charge in [-0.15, -0.1) is 0 Å². The standard InChI is InChI=1S/C14H17NO/c1-9(2)14-13(11(4)15-16-14)12-7-5-10(3)6-8-12/h5-9H,1-4H3. The third kappa shape index (κ3) is 1.87. The molecule has 0 N–H and O–H groups in total. The molecule has 0 aliphatic heterocycles. The molecule has 1 heterocycles. The van der Waals surface area contributed by atoms with Crippen LogP contribution in [0.2, 0.25) is 0 Å².